The topological polar surface area (TPSA) is 69.6 Å². The van der Waals surface area contributed by atoms with Crippen LogP contribution >= 0.6 is 11.6 Å². The molecule has 0 bridgehead atoms. The van der Waals surface area contributed by atoms with Gasteiger partial charge < -0.3 is 10.4 Å². The van der Waals surface area contributed by atoms with Gasteiger partial charge in [-0.05, 0) is 66.7 Å². The van der Waals surface area contributed by atoms with Gasteiger partial charge in [-0.2, -0.15) is 0 Å². The largest absolute Gasteiger partial charge is 0.481 e. The fourth-order valence-electron chi connectivity index (χ4n) is 4.39. The predicted octanol–water partition coefficient (Wildman–Crippen LogP) is 6.38. The summed E-state index contributed by atoms with van der Waals surface area (Å²) in [5, 5.41) is 12.9. The number of halogens is 1. The number of carbonyl (C=O) groups is 2. The number of carbonyl (C=O) groups excluding carboxylic acids is 1. The molecule has 5 nitrogen and oxygen atoms in total. The van der Waals surface area contributed by atoms with Crippen molar-refractivity contribution in [3.8, 4) is 0 Å². The van der Waals surface area contributed by atoms with E-state index in [2.05, 4.69) is 44.8 Å². The van der Waals surface area contributed by atoms with Gasteiger partial charge in [0.05, 0.1) is 12.0 Å². The molecule has 1 aliphatic carbocycles. The number of carboxylic acid groups (broad SMARTS) is 1. The highest BCUT2D eigenvalue weighted by atomic mass is 35.5. The Bertz CT molecular complexity index is 916. The number of hydrogen-bond donors (Lipinski definition) is 2. The van der Waals surface area contributed by atoms with Gasteiger partial charge in [-0.25, -0.2) is 4.79 Å². The number of nitrogens with one attached hydrogen (secondary N) is 1. The number of aryl methyl sites for hydroxylation is 1. The van der Waals surface area contributed by atoms with Gasteiger partial charge in [-0.3, -0.25) is 9.69 Å². The van der Waals surface area contributed by atoms with Gasteiger partial charge in [0.1, 0.15) is 0 Å². The second-order valence-corrected chi connectivity index (χ2v) is 10.3. The first-order valence-electron chi connectivity index (χ1n) is 11.0. The molecule has 1 aromatic rings. The molecule has 1 aromatic carbocycles. The lowest BCUT2D eigenvalue weighted by Crippen LogP contribution is -2.56. The number of nitrogens with zero attached hydrogens (tertiary/aromatic N) is 1. The van der Waals surface area contributed by atoms with Crippen LogP contribution in [0.1, 0.15) is 76.8 Å². The van der Waals surface area contributed by atoms with Crippen molar-refractivity contribution in [2.45, 2.75) is 77.7 Å². The highest BCUT2D eigenvalue weighted by Crippen LogP contribution is 2.45. The van der Waals surface area contributed by atoms with E-state index in [-0.39, 0.29) is 24.3 Å². The van der Waals surface area contributed by atoms with E-state index in [1.54, 1.807) is 0 Å². The Hall–Kier alpha value is -2.27. The van der Waals surface area contributed by atoms with Crippen LogP contribution in [0.2, 0.25) is 5.02 Å². The average molecular weight is 445 g/mol. The Labute approximate surface area is 190 Å². The van der Waals surface area contributed by atoms with Crippen LogP contribution in [0.3, 0.4) is 0 Å². The van der Waals surface area contributed by atoms with Gasteiger partial charge in [0, 0.05) is 16.9 Å². The minimum Gasteiger partial charge on any atom is -0.481 e. The van der Waals surface area contributed by atoms with E-state index in [1.807, 2.05) is 12.3 Å². The van der Waals surface area contributed by atoms with Crippen molar-refractivity contribution < 1.29 is 14.7 Å². The zero-order chi connectivity index (χ0) is 22.8. The van der Waals surface area contributed by atoms with Crippen molar-refractivity contribution in [1.29, 1.82) is 0 Å². The smallest absolute Gasteiger partial charge is 0.326 e. The van der Waals surface area contributed by atoms with Gasteiger partial charge in [-0.1, -0.05) is 57.5 Å². The zero-order valence-electron chi connectivity index (χ0n) is 18.8. The summed E-state index contributed by atoms with van der Waals surface area (Å²) >= 11 is 6.68. The van der Waals surface area contributed by atoms with E-state index in [4.69, 9.17) is 16.7 Å². The standard InChI is InChI=1S/C25H33ClN2O3/c1-17(8-11-22(29)30)28-16-20-7-5-6-13-25(20,27-23(28)31)19-10-9-18(21(26)15-19)12-14-24(2,3)4/h9-10,15-16H,1,5-8,11-14H2,2-4H3,(H,27,31)(H,29,30)/t25-/m1/s1. The first kappa shape index (κ1) is 23.4. The molecule has 3 rings (SSSR count). The maximum atomic E-state index is 13.0. The Balaban J connectivity index is 1.89. The zero-order valence-corrected chi connectivity index (χ0v) is 19.5. The van der Waals surface area contributed by atoms with E-state index in [9.17, 15) is 9.59 Å². The van der Waals surface area contributed by atoms with Gasteiger partial charge in [0.2, 0.25) is 0 Å². The summed E-state index contributed by atoms with van der Waals surface area (Å²) in [5.74, 6) is -0.903. The van der Waals surface area contributed by atoms with Crippen molar-refractivity contribution >= 4 is 23.6 Å². The molecule has 1 atom stereocenters. The second-order valence-electron chi connectivity index (χ2n) is 9.89. The summed E-state index contributed by atoms with van der Waals surface area (Å²) in [6, 6.07) is 5.93. The summed E-state index contributed by atoms with van der Waals surface area (Å²) in [6.45, 7) is 10.6. The molecule has 2 aliphatic rings. The third-order valence-corrected chi connectivity index (χ3v) is 6.63. The van der Waals surface area contributed by atoms with Crippen LogP contribution in [0.15, 0.2) is 42.2 Å². The van der Waals surface area contributed by atoms with Crippen LogP contribution in [0, 0.1) is 5.41 Å². The molecular weight excluding hydrogens is 412 g/mol. The predicted molar refractivity (Wildman–Crippen MR) is 124 cm³/mol. The number of amides is 2. The summed E-state index contributed by atoms with van der Waals surface area (Å²) < 4.78 is 0. The number of rotatable bonds is 7. The van der Waals surface area contributed by atoms with Crippen molar-refractivity contribution in [3.05, 3.63) is 58.4 Å². The highest BCUT2D eigenvalue weighted by molar-refractivity contribution is 6.31. The average Bonchev–Trinajstić information content (AvgIpc) is 2.69. The Morgan fingerprint density at radius 1 is 1.29 bits per heavy atom. The molecule has 1 fully saturated rings. The molecular formula is C25H33ClN2O3. The first-order chi connectivity index (χ1) is 14.5. The Kier molecular flexibility index (Phi) is 6.85. The minimum absolute atomic E-state index is 0.0530. The van der Waals surface area contributed by atoms with E-state index >= 15 is 0 Å². The molecule has 0 spiro atoms. The van der Waals surface area contributed by atoms with Crippen LogP contribution in [0.5, 0.6) is 0 Å². The highest BCUT2D eigenvalue weighted by Gasteiger charge is 2.44. The number of hydrogen-bond acceptors (Lipinski definition) is 2. The molecule has 0 aromatic heterocycles. The summed E-state index contributed by atoms with van der Waals surface area (Å²) in [7, 11) is 0. The van der Waals surface area contributed by atoms with E-state index < -0.39 is 11.5 Å². The van der Waals surface area contributed by atoms with Crippen LogP contribution in [0.4, 0.5) is 4.79 Å². The normalized spacial score (nSPS) is 21.2. The second kappa shape index (κ2) is 9.07. The minimum atomic E-state index is -0.903. The fraction of sp³-hybridized carbons (Fsp3) is 0.520. The third kappa shape index (κ3) is 5.32. The Morgan fingerprint density at radius 3 is 2.68 bits per heavy atom. The molecule has 2 amide bonds. The number of benzene rings is 1. The lowest BCUT2D eigenvalue weighted by Gasteiger charge is -2.46. The van der Waals surface area contributed by atoms with Crippen molar-refractivity contribution in [3.63, 3.8) is 0 Å². The first-order valence-corrected chi connectivity index (χ1v) is 11.4. The van der Waals surface area contributed by atoms with E-state index in [1.165, 1.54) is 4.90 Å². The maximum Gasteiger partial charge on any atom is 0.326 e. The SMILES string of the molecule is C=C(CCC(=O)O)N1C=C2CCCC[C@]2(c2ccc(CCC(C)(C)C)c(Cl)c2)NC1=O. The lowest BCUT2D eigenvalue weighted by molar-refractivity contribution is -0.137. The summed E-state index contributed by atoms with van der Waals surface area (Å²) in [4.78, 5) is 25.4. The van der Waals surface area contributed by atoms with Gasteiger partial charge in [0.25, 0.3) is 0 Å². The maximum absolute atomic E-state index is 13.0. The number of carboxylic acids is 1. The Morgan fingerprint density at radius 2 is 2.03 bits per heavy atom. The molecule has 168 valence electrons. The van der Waals surface area contributed by atoms with Crippen molar-refractivity contribution in [1.82, 2.24) is 10.2 Å². The molecule has 0 radical (unpaired) electrons. The number of fused-ring (bicyclic) bond motifs is 1. The lowest BCUT2D eigenvalue weighted by atomic mass is 9.72. The summed E-state index contributed by atoms with van der Waals surface area (Å²) in [5.41, 5.74) is 3.42. The van der Waals surface area contributed by atoms with Crippen LogP contribution in [-0.4, -0.2) is 22.0 Å². The summed E-state index contributed by atoms with van der Waals surface area (Å²) in [6.07, 6.45) is 7.76. The molecule has 0 unspecified atom stereocenters. The fourth-order valence-corrected chi connectivity index (χ4v) is 4.66. The van der Waals surface area contributed by atoms with Gasteiger partial charge in [-0.15, -0.1) is 0 Å². The molecule has 1 aliphatic heterocycles. The van der Waals surface area contributed by atoms with Crippen LogP contribution in [0.25, 0.3) is 0 Å². The molecule has 1 saturated carbocycles. The molecule has 2 N–H and O–H groups in total. The molecule has 6 heteroatoms. The quantitative estimate of drug-likeness (QED) is 0.512. The number of allylic oxidation sites excluding steroid dienone is 1. The van der Waals surface area contributed by atoms with Crippen molar-refractivity contribution in [2.24, 2.45) is 5.41 Å². The van der Waals surface area contributed by atoms with Crippen molar-refractivity contribution in [2.75, 3.05) is 0 Å². The van der Waals surface area contributed by atoms with Crippen LogP contribution < -0.4 is 5.32 Å². The molecule has 1 heterocycles. The number of urea groups is 1. The molecule has 31 heavy (non-hydrogen) atoms. The van der Waals surface area contributed by atoms with Crippen LogP contribution in [-0.2, 0) is 16.8 Å². The van der Waals surface area contributed by atoms with Gasteiger partial charge >= 0.3 is 12.0 Å². The third-order valence-electron chi connectivity index (χ3n) is 6.28. The molecule has 0 saturated heterocycles. The van der Waals surface area contributed by atoms with E-state index in [0.717, 1.165) is 60.2 Å². The number of aliphatic carboxylic acids is 1. The van der Waals surface area contributed by atoms with E-state index in [0.29, 0.717) is 5.70 Å². The van der Waals surface area contributed by atoms with Gasteiger partial charge in [0.15, 0.2) is 0 Å². The monoisotopic (exact) mass is 444 g/mol.